The van der Waals surface area contributed by atoms with E-state index in [1.54, 1.807) is 7.11 Å². The molecular weight excluding hydrogens is 508 g/mol. The molecule has 1 heterocycles. The van der Waals surface area contributed by atoms with Gasteiger partial charge in [0.25, 0.3) is 0 Å². The van der Waals surface area contributed by atoms with E-state index in [0.717, 1.165) is 38.7 Å². The molecule has 5 aromatic rings. The smallest absolute Gasteiger partial charge is 0.239 e. The number of anilines is 1. The Bertz CT molecular complexity index is 1910. The summed E-state index contributed by atoms with van der Waals surface area (Å²) in [6.07, 6.45) is 1.91. The van der Waals surface area contributed by atoms with Crippen LogP contribution < -0.4 is 9.64 Å². The molecule has 0 unspecified atom stereocenters. The van der Waals surface area contributed by atoms with Crippen molar-refractivity contribution in [2.75, 3.05) is 12.0 Å². The van der Waals surface area contributed by atoms with Gasteiger partial charge in [-0.1, -0.05) is 91.0 Å². The van der Waals surface area contributed by atoms with Crippen LogP contribution in [0.5, 0.6) is 5.75 Å². The Morgan fingerprint density at radius 1 is 0.805 bits per heavy atom. The number of carbonyl (C=O) groups excluding carboxylic acids is 2. The number of rotatable bonds is 4. The molecule has 4 atom stereocenters. The van der Waals surface area contributed by atoms with Crippen molar-refractivity contribution < 1.29 is 14.3 Å². The molecule has 5 aromatic carbocycles. The van der Waals surface area contributed by atoms with E-state index in [9.17, 15) is 9.59 Å². The number of nitrogens with zero attached hydrogens (tertiary/aromatic N) is 2. The fourth-order valence-electron chi connectivity index (χ4n) is 7.43. The maximum absolute atomic E-state index is 14.8. The molecule has 5 nitrogen and oxygen atoms in total. The summed E-state index contributed by atoms with van der Waals surface area (Å²) in [6, 6.07) is 37.9. The van der Waals surface area contributed by atoms with Gasteiger partial charge in [-0.2, -0.15) is 0 Å². The van der Waals surface area contributed by atoms with Crippen LogP contribution in [0.4, 0.5) is 11.4 Å². The highest BCUT2D eigenvalue weighted by molar-refractivity contribution is 6.27. The summed E-state index contributed by atoms with van der Waals surface area (Å²) in [5.41, 5.74) is 4.52. The van der Waals surface area contributed by atoms with E-state index in [1.807, 2.05) is 85.1 Å². The van der Waals surface area contributed by atoms with Crippen molar-refractivity contribution in [1.82, 2.24) is 0 Å². The van der Waals surface area contributed by atoms with Crippen molar-refractivity contribution >= 4 is 40.2 Å². The Kier molecular flexibility index (Phi) is 5.08. The van der Waals surface area contributed by atoms with E-state index >= 15 is 0 Å². The van der Waals surface area contributed by atoms with Crippen LogP contribution in [0, 0.1) is 11.8 Å². The van der Waals surface area contributed by atoms with Gasteiger partial charge in [-0.15, -0.1) is 0 Å². The third-order valence-electron chi connectivity index (χ3n) is 9.17. The van der Waals surface area contributed by atoms with Gasteiger partial charge >= 0.3 is 0 Å². The third kappa shape index (κ3) is 3.20. The average molecular weight is 535 g/mol. The summed E-state index contributed by atoms with van der Waals surface area (Å²) in [5.74, 6) is -1.08. The molecule has 1 fully saturated rings. The summed E-state index contributed by atoms with van der Waals surface area (Å²) in [4.78, 5) is 35.8. The molecule has 0 saturated carbocycles. The lowest BCUT2D eigenvalue weighted by atomic mass is 9.52. The first-order chi connectivity index (χ1) is 20.1. The predicted molar refractivity (Wildman–Crippen MR) is 160 cm³/mol. The summed E-state index contributed by atoms with van der Waals surface area (Å²) >= 11 is 0. The van der Waals surface area contributed by atoms with E-state index in [4.69, 9.17) is 9.73 Å². The lowest BCUT2D eigenvalue weighted by Crippen LogP contribution is -2.51. The van der Waals surface area contributed by atoms with Gasteiger partial charge in [0.15, 0.2) is 0 Å². The van der Waals surface area contributed by atoms with Gasteiger partial charge in [0.1, 0.15) is 5.75 Å². The van der Waals surface area contributed by atoms with Crippen LogP contribution in [-0.2, 0) is 15.0 Å². The number of hydrogen-bond acceptors (Lipinski definition) is 4. The number of fused-ring (bicyclic) bond motifs is 1. The molecule has 0 aromatic heterocycles. The van der Waals surface area contributed by atoms with Gasteiger partial charge in [0.2, 0.25) is 11.8 Å². The molecule has 6 aliphatic rings. The highest BCUT2D eigenvalue weighted by atomic mass is 16.5. The normalized spacial score (nSPS) is 24.0. The monoisotopic (exact) mass is 534 g/mol. The summed E-state index contributed by atoms with van der Waals surface area (Å²) < 4.78 is 5.44. The Morgan fingerprint density at radius 3 is 2.41 bits per heavy atom. The molecule has 4 bridgehead atoms. The molecule has 2 amide bonds. The van der Waals surface area contributed by atoms with E-state index in [0.29, 0.717) is 11.4 Å². The van der Waals surface area contributed by atoms with Gasteiger partial charge in [-0.25, -0.2) is 4.90 Å². The zero-order valence-corrected chi connectivity index (χ0v) is 22.4. The van der Waals surface area contributed by atoms with E-state index in [1.165, 1.54) is 4.90 Å². The van der Waals surface area contributed by atoms with Crippen molar-refractivity contribution in [3.8, 4) is 5.75 Å². The molecule has 11 rings (SSSR count). The zero-order valence-electron chi connectivity index (χ0n) is 22.4. The third-order valence-corrected chi connectivity index (χ3v) is 9.17. The Morgan fingerprint density at radius 2 is 1.56 bits per heavy atom. The van der Waals surface area contributed by atoms with Gasteiger partial charge in [0.05, 0.1) is 35.7 Å². The highest BCUT2D eigenvalue weighted by Gasteiger charge is 2.65. The van der Waals surface area contributed by atoms with Crippen LogP contribution in [-0.4, -0.2) is 25.1 Å². The van der Waals surface area contributed by atoms with Crippen molar-refractivity contribution in [3.05, 3.63) is 138 Å². The van der Waals surface area contributed by atoms with E-state index in [2.05, 4.69) is 36.4 Å². The van der Waals surface area contributed by atoms with Crippen LogP contribution in [0.3, 0.4) is 0 Å². The van der Waals surface area contributed by atoms with Gasteiger partial charge in [-0.05, 0) is 45.8 Å². The summed E-state index contributed by atoms with van der Waals surface area (Å²) in [6.45, 7) is 0. The Hall–Kier alpha value is -5.03. The van der Waals surface area contributed by atoms with Gasteiger partial charge in [0, 0.05) is 23.6 Å². The molecule has 0 spiro atoms. The number of amides is 2. The summed E-state index contributed by atoms with van der Waals surface area (Å²) in [7, 11) is 1.63. The van der Waals surface area contributed by atoms with Crippen LogP contribution >= 0.6 is 0 Å². The number of imide groups is 1. The number of aliphatic imine (C=N–C) groups is 1. The molecule has 1 aliphatic heterocycles. The number of methoxy groups -OCH3 is 1. The topological polar surface area (TPSA) is 59.0 Å². The molecule has 5 aliphatic carbocycles. The first kappa shape index (κ1) is 23.8. The standard InChI is InChI=1S/C36H26N2O3/c1-41-26-11-7-10-25(20-26)37-21-36-24-18-16-23(17-19-24)31(28-13-4-5-14-29(28)36)32-33(36)35(40)38(34(32)39)30-15-6-9-22-8-2-3-12-27(22)30/h2-21,31-33H,1H3/t31-,32-,33-,36+/m0/s1. The second kappa shape index (κ2) is 8.73. The minimum Gasteiger partial charge on any atom is -0.497 e. The van der Waals surface area contributed by atoms with Crippen molar-refractivity contribution in [2.45, 2.75) is 11.3 Å². The van der Waals surface area contributed by atoms with Crippen molar-refractivity contribution in [3.63, 3.8) is 0 Å². The molecule has 0 radical (unpaired) electrons. The van der Waals surface area contributed by atoms with Crippen LogP contribution in [0.15, 0.2) is 120 Å². The Balaban J connectivity index is 1.40. The lowest BCUT2D eigenvalue weighted by Gasteiger charge is -2.48. The molecule has 1 saturated heterocycles. The van der Waals surface area contributed by atoms with Crippen LogP contribution in [0.2, 0.25) is 0 Å². The minimum absolute atomic E-state index is 0.155. The molecule has 41 heavy (non-hydrogen) atoms. The largest absolute Gasteiger partial charge is 0.497 e. The fraction of sp³-hybridized carbons (Fsp3) is 0.139. The summed E-state index contributed by atoms with van der Waals surface area (Å²) in [5, 5.41) is 1.87. The first-order valence-corrected chi connectivity index (χ1v) is 13.9. The zero-order chi connectivity index (χ0) is 27.7. The van der Waals surface area contributed by atoms with Crippen molar-refractivity contribution in [1.29, 1.82) is 0 Å². The van der Waals surface area contributed by atoms with Gasteiger partial charge in [-0.3, -0.25) is 14.6 Å². The predicted octanol–water partition coefficient (Wildman–Crippen LogP) is 6.80. The average Bonchev–Trinajstić information content (AvgIpc) is 3.27. The molecule has 5 heteroatoms. The SMILES string of the molecule is COc1cccc(N=C[C@@]23c4ccc(cc4)[C@@H](c4ccccc42)[C@@H]2C(=O)N(c4cccc5ccccc45)C(=O)[C@H]23)c1. The van der Waals surface area contributed by atoms with Gasteiger partial charge < -0.3 is 4.74 Å². The molecule has 0 N–H and O–H groups in total. The minimum atomic E-state index is -0.939. The maximum atomic E-state index is 14.8. The van der Waals surface area contributed by atoms with E-state index in [-0.39, 0.29) is 17.7 Å². The van der Waals surface area contributed by atoms with Crippen molar-refractivity contribution in [2.24, 2.45) is 16.8 Å². The maximum Gasteiger partial charge on any atom is 0.239 e. The number of hydrogen-bond donors (Lipinski definition) is 0. The second-order valence-corrected chi connectivity index (χ2v) is 11.0. The molecule has 198 valence electrons. The number of carbonyl (C=O) groups is 2. The van der Waals surface area contributed by atoms with Crippen LogP contribution in [0.25, 0.3) is 10.8 Å². The highest BCUT2D eigenvalue weighted by Crippen LogP contribution is 2.60. The first-order valence-electron chi connectivity index (χ1n) is 13.9. The lowest BCUT2D eigenvalue weighted by molar-refractivity contribution is -0.122. The van der Waals surface area contributed by atoms with E-state index < -0.39 is 17.3 Å². The quantitative estimate of drug-likeness (QED) is 0.188. The second-order valence-electron chi connectivity index (χ2n) is 11.0. The number of benzene rings is 5. The number of ether oxygens (including phenoxy) is 1. The Labute approximate surface area is 237 Å². The fourth-order valence-corrected chi connectivity index (χ4v) is 7.43. The van der Waals surface area contributed by atoms with Crippen LogP contribution in [0.1, 0.15) is 28.2 Å². The molecular formula is C36H26N2O3.